The van der Waals surface area contributed by atoms with Crippen LogP contribution in [0.2, 0.25) is 0 Å². The minimum Gasteiger partial charge on any atom is -0.350 e. The summed E-state index contributed by atoms with van der Waals surface area (Å²) in [6, 6.07) is 5.53. The van der Waals surface area contributed by atoms with Gasteiger partial charge in [0.25, 0.3) is 5.91 Å². The molecule has 29 heavy (non-hydrogen) atoms. The number of carbonyl (C=O) groups is 2. The van der Waals surface area contributed by atoms with Gasteiger partial charge in [0.1, 0.15) is 12.2 Å². The zero-order valence-corrected chi connectivity index (χ0v) is 16.0. The predicted octanol–water partition coefficient (Wildman–Crippen LogP) is 2.27. The second kappa shape index (κ2) is 8.78. The van der Waals surface area contributed by atoms with Crippen LogP contribution in [0.25, 0.3) is 0 Å². The normalized spacial score (nSPS) is 19.7. The maximum Gasteiger partial charge on any atom is 0.417 e. The number of nitriles is 1. The molecule has 2 amide bonds. The first kappa shape index (κ1) is 22.6. The molecule has 0 aromatic heterocycles. The second-order valence-electron chi connectivity index (χ2n) is 7.49. The number of nitrogens with one attached hydrogen (secondary N) is 2. The van der Waals surface area contributed by atoms with E-state index in [0.29, 0.717) is 0 Å². The van der Waals surface area contributed by atoms with Gasteiger partial charge in [0.05, 0.1) is 30.3 Å². The number of amides is 2. The number of alkyl halides is 4. The molecule has 1 heterocycles. The van der Waals surface area contributed by atoms with Crippen molar-refractivity contribution in [3.63, 3.8) is 0 Å². The van der Waals surface area contributed by atoms with Gasteiger partial charge in [-0.3, -0.25) is 9.59 Å². The zero-order valence-electron chi connectivity index (χ0n) is 16.0. The van der Waals surface area contributed by atoms with Crippen LogP contribution in [0.15, 0.2) is 24.3 Å². The quantitative estimate of drug-likeness (QED) is 0.700. The van der Waals surface area contributed by atoms with Gasteiger partial charge in [-0.15, -0.1) is 0 Å². The van der Waals surface area contributed by atoms with E-state index in [1.807, 2.05) is 6.07 Å². The maximum atomic E-state index is 13.4. The lowest BCUT2D eigenvalue weighted by molar-refractivity contribution is -0.138. The third kappa shape index (κ3) is 5.90. The molecule has 1 aromatic carbocycles. The Bertz CT molecular complexity index is 804. The van der Waals surface area contributed by atoms with E-state index in [2.05, 4.69) is 10.6 Å². The molecule has 158 valence electrons. The molecule has 2 N–H and O–H groups in total. The van der Waals surface area contributed by atoms with Gasteiger partial charge in [-0.25, -0.2) is 4.39 Å². The average molecular weight is 414 g/mol. The van der Waals surface area contributed by atoms with Crippen LogP contribution in [-0.4, -0.2) is 54.1 Å². The van der Waals surface area contributed by atoms with Crippen molar-refractivity contribution in [3.8, 4) is 6.07 Å². The largest absolute Gasteiger partial charge is 0.417 e. The Balaban J connectivity index is 1.93. The molecule has 10 heteroatoms. The summed E-state index contributed by atoms with van der Waals surface area (Å²) in [5.41, 5.74) is -2.36. The number of hydrogen-bond acceptors (Lipinski definition) is 4. The molecular formula is C19H22F4N4O2. The lowest BCUT2D eigenvalue weighted by Gasteiger charge is -2.28. The SMILES string of the molecule is CC(C)(CNC(=O)c1ccccc1C(F)(F)F)NCC(=O)N1C[C@@H](F)C[C@H]1C#N. The van der Waals surface area contributed by atoms with Crippen LogP contribution in [0.1, 0.15) is 36.2 Å². The number of hydrogen-bond donors (Lipinski definition) is 2. The molecule has 0 radical (unpaired) electrons. The third-order valence-electron chi connectivity index (χ3n) is 4.61. The number of carbonyl (C=O) groups excluding carboxylic acids is 2. The standard InChI is InChI=1S/C19H22F4N4O2/c1-18(2,26-9-16(28)27-10-12(20)7-13(27)8-24)11-25-17(29)14-5-3-4-6-15(14)19(21,22)23/h3-6,12-13,26H,7,9-11H2,1-2H3,(H,25,29)/t12-,13-/m0/s1. The van der Waals surface area contributed by atoms with E-state index < -0.39 is 46.9 Å². The van der Waals surface area contributed by atoms with Gasteiger partial charge in [-0.1, -0.05) is 12.1 Å². The second-order valence-corrected chi connectivity index (χ2v) is 7.49. The van der Waals surface area contributed by atoms with Crippen LogP contribution in [0.3, 0.4) is 0 Å². The van der Waals surface area contributed by atoms with Crippen LogP contribution in [0, 0.1) is 11.3 Å². The number of rotatable bonds is 6. The van der Waals surface area contributed by atoms with Gasteiger partial charge in [-0.2, -0.15) is 18.4 Å². The molecule has 1 aromatic rings. The number of halogens is 4. The first-order chi connectivity index (χ1) is 13.4. The summed E-state index contributed by atoms with van der Waals surface area (Å²) in [5, 5.41) is 14.3. The van der Waals surface area contributed by atoms with Crippen molar-refractivity contribution in [1.29, 1.82) is 5.26 Å². The van der Waals surface area contributed by atoms with Crippen molar-refractivity contribution in [2.45, 2.75) is 44.2 Å². The number of benzene rings is 1. The van der Waals surface area contributed by atoms with Crippen molar-refractivity contribution in [2.75, 3.05) is 19.6 Å². The van der Waals surface area contributed by atoms with Crippen molar-refractivity contribution in [3.05, 3.63) is 35.4 Å². The van der Waals surface area contributed by atoms with E-state index in [9.17, 15) is 27.2 Å². The molecule has 0 aliphatic carbocycles. The van der Waals surface area contributed by atoms with Crippen molar-refractivity contribution >= 4 is 11.8 Å². The Hall–Kier alpha value is -2.67. The Morgan fingerprint density at radius 1 is 1.28 bits per heavy atom. The van der Waals surface area contributed by atoms with Crippen LogP contribution >= 0.6 is 0 Å². The lowest BCUT2D eigenvalue weighted by Crippen LogP contribution is -2.53. The Kier molecular flexibility index (Phi) is 6.85. The fraction of sp³-hybridized carbons (Fsp3) is 0.526. The van der Waals surface area contributed by atoms with Gasteiger partial charge >= 0.3 is 6.18 Å². The maximum absolute atomic E-state index is 13.4. The molecule has 0 spiro atoms. The van der Waals surface area contributed by atoms with Crippen LogP contribution in [0.4, 0.5) is 17.6 Å². The van der Waals surface area contributed by atoms with Crippen LogP contribution in [0.5, 0.6) is 0 Å². The molecule has 1 aliphatic heterocycles. The smallest absolute Gasteiger partial charge is 0.350 e. The van der Waals surface area contributed by atoms with Gasteiger partial charge in [0.15, 0.2) is 0 Å². The molecule has 6 nitrogen and oxygen atoms in total. The highest BCUT2D eigenvalue weighted by Crippen LogP contribution is 2.31. The molecule has 1 saturated heterocycles. The predicted molar refractivity (Wildman–Crippen MR) is 96.5 cm³/mol. The fourth-order valence-corrected chi connectivity index (χ4v) is 2.99. The van der Waals surface area contributed by atoms with Crippen molar-refractivity contribution < 1.29 is 27.2 Å². The first-order valence-corrected chi connectivity index (χ1v) is 8.97. The summed E-state index contributed by atoms with van der Waals surface area (Å²) >= 11 is 0. The first-order valence-electron chi connectivity index (χ1n) is 8.97. The Morgan fingerprint density at radius 3 is 2.55 bits per heavy atom. The highest BCUT2D eigenvalue weighted by molar-refractivity contribution is 5.95. The Labute approximate surface area is 165 Å². The molecule has 1 fully saturated rings. The van der Waals surface area contributed by atoms with Crippen LogP contribution < -0.4 is 10.6 Å². The summed E-state index contributed by atoms with van der Waals surface area (Å²) in [5.74, 6) is -1.35. The summed E-state index contributed by atoms with van der Waals surface area (Å²) in [6.45, 7) is 2.90. The topological polar surface area (TPSA) is 85.2 Å². The number of likely N-dealkylation sites (tertiary alicyclic amines) is 1. The summed E-state index contributed by atoms with van der Waals surface area (Å²) in [4.78, 5) is 25.6. The van der Waals surface area contributed by atoms with E-state index in [0.717, 1.165) is 17.0 Å². The summed E-state index contributed by atoms with van der Waals surface area (Å²) < 4.78 is 52.6. The minimum atomic E-state index is -4.66. The minimum absolute atomic E-state index is 0.0275. The third-order valence-corrected chi connectivity index (χ3v) is 4.61. The van der Waals surface area contributed by atoms with E-state index in [1.54, 1.807) is 13.8 Å². The van der Waals surface area contributed by atoms with Gasteiger partial charge in [-0.05, 0) is 26.0 Å². The number of nitrogens with zero attached hydrogens (tertiary/aromatic N) is 2. The Morgan fingerprint density at radius 2 is 1.93 bits per heavy atom. The van der Waals surface area contributed by atoms with Crippen molar-refractivity contribution in [1.82, 2.24) is 15.5 Å². The highest BCUT2D eigenvalue weighted by Gasteiger charge is 2.36. The molecule has 0 unspecified atom stereocenters. The summed E-state index contributed by atoms with van der Waals surface area (Å²) in [6.07, 6.45) is -5.93. The van der Waals surface area contributed by atoms with E-state index >= 15 is 0 Å². The molecule has 2 atom stereocenters. The van der Waals surface area contributed by atoms with Crippen LogP contribution in [-0.2, 0) is 11.0 Å². The van der Waals surface area contributed by atoms with Gasteiger partial charge < -0.3 is 15.5 Å². The molecular weight excluding hydrogens is 392 g/mol. The molecule has 0 saturated carbocycles. The monoisotopic (exact) mass is 414 g/mol. The van der Waals surface area contributed by atoms with Gasteiger partial charge in [0.2, 0.25) is 5.91 Å². The van der Waals surface area contributed by atoms with Crippen molar-refractivity contribution in [2.24, 2.45) is 0 Å². The van der Waals surface area contributed by atoms with Gasteiger partial charge in [0, 0.05) is 18.5 Å². The average Bonchev–Trinajstić information content (AvgIpc) is 3.04. The van der Waals surface area contributed by atoms with E-state index in [1.165, 1.54) is 12.1 Å². The molecule has 2 rings (SSSR count). The zero-order chi connectivity index (χ0) is 21.8. The lowest BCUT2D eigenvalue weighted by atomic mass is 10.0. The van der Waals surface area contributed by atoms with E-state index in [-0.39, 0.29) is 26.1 Å². The molecule has 0 bridgehead atoms. The summed E-state index contributed by atoms with van der Waals surface area (Å²) in [7, 11) is 0. The molecule has 1 aliphatic rings. The highest BCUT2D eigenvalue weighted by atomic mass is 19.4. The fourth-order valence-electron chi connectivity index (χ4n) is 2.99. The van der Waals surface area contributed by atoms with E-state index in [4.69, 9.17) is 5.26 Å².